The van der Waals surface area contributed by atoms with E-state index in [1.165, 1.54) is 11.3 Å². The number of esters is 1. The van der Waals surface area contributed by atoms with Crippen LogP contribution in [0.3, 0.4) is 0 Å². The zero-order chi connectivity index (χ0) is 26.5. The number of nitrogens with zero attached hydrogens (tertiary/aromatic N) is 1. The quantitative estimate of drug-likeness (QED) is 0.571. The first-order valence-corrected chi connectivity index (χ1v) is 13.0. The summed E-state index contributed by atoms with van der Waals surface area (Å²) in [6.45, 7) is 12.1. The number of hydrogen-bond donors (Lipinski definition) is 2. The molecule has 0 fully saturated rings. The molecule has 8 heteroatoms. The van der Waals surface area contributed by atoms with E-state index in [1.807, 2.05) is 25.3 Å². The molecular formula is C27H39NO6S. The van der Waals surface area contributed by atoms with Crippen LogP contribution < -0.4 is 0 Å². The minimum atomic E-state index is -1.30. The lowest BCUT2D eigenvalue weighted by Crippen LogP contribution is -2.45. The summed E-state index contributed by atoms with van der Waals surface area (Å²) in [5.41, 5.74) is 0.686. The van der Waals surface area contributed by atoms with Crippen LogP contribution in [0.4, 0.5) is 0 Å². The van der Waals surface area contributed by atoms with E-state index < -0.39 is 42.0 Å². The van der Waals surface area contributed by atoms with Crippen LogP contribution in [0.1, 0.15) is 77.9 Å². The number of ether oxygens (including phenoxy) is 1. The molecule has 2 heterocycles. The molecule has 1 aliphatic rings. The predicted octanol–water partition coefficient (Wildman–Crippen LogP) is 4.45. The van der Waals surface area contributed by atoms with Gasteiger partial charge in [-0.2, -0.15) is 0 Å². The van der Waals surface area contributed by atoms with Gasteiger partial charge in [0.2, 0.25) is 0 Å². The number of allylic oxidation sites excluding steroid dienone is 2. The van der Waals surface area contributed by atoms with Gasteiger partial charge in [0.05, 0.1) is 41.2 Å². The fourth-order valence-corrected chi connectivity index (χ4v) is 4.83. The number of aliphatic hydroxyl groups excluding tert-OH is 2. The predicted molar refractivity (Wildman–Crippen MR) is 137 cm³/mol. The van der Waals surface area contributed by atoms with E-state index in [9.17, 15) is 24.6 Å². The molecule has 7 nitrogen and oxygen atoms in total. The van der Waals surface area contributed by atoms with Crippen LogP contribution in [-0.2, 0) is 19.1 Å². The van der Waals surface area contributed by atoms with Crippen molar-refractivity contribution in [2.24, 2.45) is 17.3 Å². The fourth-order valence-electron chi connectivity index (χ4n) is 4.26. The van der Waals surface area contributed by atoms with Gasteiger partial charge in [-0.1, -0.05) is 33.8 Å². The maximum atomic E-state index is 13.2. The molecule has 0 aromatic carbocycles. The molecule has 0 saturated carbocycles. The zero-order valence-corrected chi connectivity index (χ0v) is 22.6. The van der Waals surface area contributed by atoms with Gasteiger partial charge < -0.3 is 14.9 Å². The third-order valence-corrected chi connectivity index (χ3v) is 7.81. The molecule has 2 N–H and O–H groups in total. The molecule has 0 bridgehead atoms. The van der Waals surface area contributed by atoms with Gasteiger partial charge in [-0.05, 0) is 56.8 Å². The Balaban J connectivity index is 2.39. The highest BCUT2D eigenvalue weighted by Crippen LogP contribution is 2.32. The summed E-state index contributed by atoms with van der Waals surface area (Å²) in [4.78, 5) is 43.4. The van der Waals surface area contributed by atoms with Crippen molar-refractivity contribution in [3.05, 3.63) is 33.3 Å². The third kappa shape index (κ3) is 7.66. The minimum Gasteiger partial charge on any atom is -0.457 e. The van der Waals surface area contributed by atoms with Crippen LogP contribution in [0.25, 0.3) is 6.08 Å². The molecule has 35 heavy (non-hydrogen) atoms. The van der Waals surface area contributed by atoms with E-state index >= 15 is 0 Å². The first-order chi connectivity index (χ1) is 16.2. The Kier molecular flexibility index (Phi) is 10.1. The van der Waals surface area contributed by atoms with Crippen LogP contribution in [0.15, 0.2) is 22.6 Å². The zero-order valence-electron chi connectivity index (χ0n) is 21.8. The Morgan fingerprint density at radius 3 is 2.43 bits per heavy atom. The molecule has 0 spiro atoms. The molecule has 0 saturated heterocycles. The average Bonchev–Trinajstić information content (AvgIpc) is 3.20. The van der Waals surface area contributed by atoms with Crippen LogP contribution in [0, 0.1) is 24.2 Å². The lowest BCUT2D eigenvalue weighted by Gasteiger charge is -2.34. The van der Waals surface area contributed by atoms with Crippen molar-refractivity contribution >= 4 is 34.9 Å². The summed E-state index contributed by atoms with van der Waals surface area (Å²) in [6, 6.07) is 0. The molecule has 1 aliphatic heterocycles. The highest BCUT2D eigenvalue weighted by atomic mass is 32.1. The van der Waals surface area contributed by atoms with Crippen LogP contribution in [0.2, 0.25) is 0 Å². The number of cyclic esters (lactones) is 1. The van der Waals surface area contributed by atoms with E-state index in [0.29, 0.717) is 24.0 Å². The number of carbonyl (C=O) groups is 3. The van der Waals surface area contributed by atoms with E-state index in [2.05, 4.69) is 4.98 Å². The van der Waals surface area contributed by atoms with E-state index in [4.69, 9.17) is 4.74 Å². The first-order valence-electron chi connectivity index (χ1n) is 12.1. The van der Waals surface area contributed by atoms with Gasteiger partial charge in [-0.3, -0.25) is 14.4 Å². The molecule has 0 aliphatic carbocycles. The maximum absolute atomic E-state index is 13.2. The molecule has 0 radical (unpaired) electrons. The smallest absolute Gasteiger partial charge is 0.309 e. The number of Topliss-reactive ketones (excluding diaryl/α,β-unsaturated/α-hetero) is 2. The Hall–Kier alpha value is -2.16. The summed E-state index contributed by atoms with van der Waals surface area (Å²) < 4.78 is 5.67. The second-order valence-corrected chi connectivity index (χ2v) is 11.4. The summed E-state index contributed by atoms with van der Waals surface area (Å²) in [6.07, 6.45) is 1.34. The van der Waals surface area contributed by atoms with Crippen molar-refractivity contribution in [1.29, 1.82) is 0 Å². The number of aryl methyl sites for hydroxylation is 1. The van der Waals surface area contributed by atoms with Gasteiger partial charge in [0.15, 0.2) is 5.78 Å². The Labute approximate surface area is 212 Å². The largest absolute Gasteiger partial charge is 0.457 e. The van der Waals surface area contributed by atoms with Gasteiger partial charge in [-0.25, -0.2) is 4.98 Å². The molecule has 0 amide bonds. The van der Waals surface area contributed by atoms with Crippen LogP contribution in [0.5, 0.6) is 0 Å². The number of aromatic nitrogens is 1. The van der Waals surface area contributed by atoms with Crippen LogP contribution >= 0.6 is 11.3 Å². The van der Waals surface area contributed by atoms with Crippen molar-refractivity contribution in [2.75, 3.05) is 0 Å². The van der Waals surface area contributed by atoms with E-state index in [1.54, 1.807) is 40.7 Å². The van der Waals surface area contributed by atoms with Crippen molar-refractivity contribution in [3.8, 4) is 0 Å². The van der Waals surface area contributed by atoms with Crippen molar-refractivity contribution in [2.45, 2.75) is 92.5 Å². The number of rotatable bonds is 2. The Morgan fingerprint density at radius 1 is 1.17 bits per heavy atom. The average molecular weight is 506 g/mol. The van der Waals surface area contributed by atoms with E-state index in [-0.39, 0.29) is 23.9 Å². The van der Waals surface area contributed by atoms with Crippen molar-refractivity contribution in [1.82, 2.24) is 4.98 Å². The molecule has 2 rings (SSSR count). The second kappa shape index (κ2) is 12.2. The third-order valence-electron chi connectivity index (χ3n) is 7.01. The summed E-state index contributed by atoms with van der Waals surface area (Å²) in [7, 11) is 0. The molecule has 1 aromatic heterocycles. The summed E-state index contributed by atoms with van der Waals surface area (Å²) in [5, 5.41) is 24.3. The lowest BCUT2D eigenvalue weighted by atomic mass is 9.73. The van der Waals surface area contributed by atoms with Gasteiger partial charge >= 0.3 is 5.97 Å². The number of carbonyl (C=O) groups excluding carboxylic acids is 3. The number of hydrogen-bond acceptors (Lipinski definition) is 8. The van der Waals surface area contributed by atoms with Gasteiger partial charge in [0.1, 0.15) is 11.9 Å². The summed E-state index contributed by atoms with van der Waals surface area (Å²) >= 11 is 1.50. The first kappa shape index (κ1) is 29.1. The normalized spacial score (nSPS) is 31.6. The SMILES string of the molecule is C/C1=C\CC[C@H](C)[C@H](O)[C@@H](C)C(=O)C(C)(C)[C@@H](O)CC(=O)O[C@H](/C(C)=C/c2csc(C)n2)CC1=O. The lowest BCUT2D eigenvalue weighted by molar-refractivity contribution is -0.154. The van der Waals surface area contributed by atoms with Crippen LogP contribution in [-0.4, -0.2) is 51.0 Å². The highest BCUT2D eigenvalue weighted by molar-refractivity contribution is 7.09. The maximum Gasteiger partial charge on any atom is 0.309 e. The minimum absolute atomic E-state index is 0.0346. The van der Waals surface area contributed by atoms with E-state index in [0.717, 1.165) is 10.7 Å². The van der Waals surface area contributed by atoms with Gasteiger partial charge in [0.25, 0.3) is 0 Å². The summed E-state index contributed by atoms with van der Waals surface area (Å²) in [5.74, 6) is -2.05. The molecule has 0 unspecified atom stereocenters. The monoisotopic (exact) mass is 505 g/mol. The molecular weight excluding hydrogens is 466 g/mol. The Bertz CT molecular complexity index is 992. The van der Waals surface area contributed by atoms with Crippen molar-refractivity contribution < 1.29 is 29.3 Å². The number of aliphatic hydroxyl groups is 2. The van der Waals surface area contributed by atoms with Gasteiger partial charge in [0, 0.05) is 11.3 Å². The number of thiazole rings is 1. The topological polar surface area (TPSA) is 114 Å². The standard InChI is InChI=1S/C27H39NO6S/c1-15-9-8-10-16(2)25(32)18(4)26(33)27(6,7)23(30)13-24(31)34-22(12-21(15)29)17(3)11-20-14-35-19(5)28-20/h9,11,14,16,18,22-23,25,30,32H,8,10,12-13H2,1-7H3/b15-9+,17-11+/t16-,18+,22-,23-,25-/m0/s1. The number of ketones is 2. The second-order valence-electron chi connectivity index (χ2n) is 10.3. The molecule has 194 valence electrons. The Morgan fingerprint density at radius 2 is 1.83 bits per heavy atom. The molecule has 5 atom stereocenters. The molecule has 1 aromatic rings. The highest BCUT2D eigenvalue weighted by Gasteiger charge is 2.42. The van der Waals surface area contributed by atoms with Crippen molar-refractivity contribution in [3.63, 3.8) is 0 Å². The fraction of sp³-hybridized carbons (Fsp3) is 0.630. The van der Waals surface area contributed by atoms with Gasteiger partial charge in [-0.15, -0.1) is 11.3 Å².